The number of hydrogen-bond acceptors (Lipinski definition) is 3. The Labute approximate surface area is 108 Å². The molecule has 0 fully saturated rings. The van der Waals surface area contributed by atoms with Crippen molar-refractivity contribution >= 4 is 11.0 Å². The smallest absolute Gasteiger partial charge is 0.112 e. The summed E-state index contributed by atoms with van der Waals surface area (Å²) in [7, 11) is 1.70. The van der Waals surface area contributed by atoms with E-state index in [0.29, 0.717) is 6.54 Å². The standard InChI is InChI=1S/C14H21N3O/c1-3-8-17-13-7-5-4-6-12(13)16-14(17)9-11(10-15)18-2/h4-7,11H,3,8-10,15H2,1-2H3. The maximum atomic E-state index is 5.69. The number of nitrogens with zero attached hydrogens (tertiary/aromatic N) is 2. The van der Waals surface area contributed by atoms with Gasteiger partial charge in [-0.1, -0.05) is 19.1 Å². The first-order valence-electron chi connectivity index (χ1n) is 6.47. The van der Waals surface area contributed by atoms with E-state index in [-0.39, 0.29) is 6.10 Å². The third kappa shape index (κ3) is 2.54. The summed E-state index contributed by atoms with van der Waals surface area (Å²) in [5, 5.41) is 0. The van der Waals surface area contributed by atoms with Crippen LogP contribution in [0.4, 0.5) is 0 Å². The van der Waals surface area contributed by atoms with Gasteiger partial charge in [-0.15, -0.1) is 0 Å². The van der Waals surface area contributed by atoms with Gasteiger partial charge in [0.15, 0.2) is 0 Å². The normalized spacial score (nSPS) is 13.1. The van der Waals surface area contributed by atoms with Gasteiger partial charge in [-0.25, -0.2) is 4.98 Å². The number of ether oxygens (including phenoxy) is 1. The molecule has 0 bridgehead atoms. The number of para-hydroxylation sites is 2. The van der Waals surface area contributed by atoms with E-state index in [1.807, 2.05) is 6.07 Å². The summed E-state index contributed by atoms with van der Waals surface area (Å²) >= 11 is 0. The Bertz CT molecular complexity index is 503. The van der Waals surface area contributed by atoms with Crippen LogP contribution >= 0.6 is 0 Å². The molecule has 0 radical (unpaired) electrons. The third-order valence-electron chi connectivity index (χ3n) is 3.19. The summed E-state index contributed by atoms with van der Waals surface area (Å²) in [4.78, 5) is 4.69. The number of benzene rings is 1. The van der Waals surface area contributed by atoms with Gasteiger partial charge in [-0.05, 0) is 18.6 Å². The highest BCUT2D eigenvalue weighted by Gasteiger charge is 2.14. The molecular weight excluding hydrogens is 226 g/mol. The van der Waals surface area contributed by atoms with E-state index >= 15 is 0 Å². The van der Waals surface area contributed by atoms with E-state index in [4.69, 9.17) is 15.5 Å². The van der Waals surface area contributed by atoms with Crippen LogP contribution in [0.15, 0.2) is 24.3 Å². The van der Waals surface area contributed by atoms with E-state index in [0.717, 1.165) is 30.7 Å². The largest absolute Gasteiger partial charge is 0.380 e. The van der Waals surface area contributed by atoms with Gasteiger partial charge in [0.1, 0.15) is 5.82 Å². The Hall–Kier alpha value is -1.39. The van der Waals surface area contributed by atoms with Gasteiger partial charge in [-0.2, -0.15) is 0 Å². The molecule has 1 aromatic heterocycles. The Morgan fingerprint density at radius 3 is 2.83 bits per heavy atom. The maximum absolute atomic E-state index is 5.69. The first kappa shape index (κ1) is 13.1. The minimum absolute atomic E-state index is 0.0393. The highest BCUT2D eigenvalue weighted by Crippen LogP contribution is 2.18. The molecule has 2 N–H and O–H groups in total. The zero-order chi connectivity index (χ0) is 13.0. The number of aryl methyl sites for hydroxylation is 1. The molecule has 0 aliphatic rings. The van der Waals surface area contributed by atoms with Gasteiger partial charge in [-0.3, -0.25) is 0 Å². The lowest BCUT2D eigenvalue weighted by atomic mass is 10.2. The fraction of sp³-hybridized carbons (Fsp3) is 0.500. The molecule has 0 aliphatic carbocycles. The van der Waals surface area contributed by atoms with Crippen LogP contribution in [0.5, 0.6) is 0 Å². The monoisotopic (exact) mass is 247 g/mol. The van der Waals surface area contributed by atoms with Crippen molar-refractivity contribution in [3.63, 3.8) is 0 Å². The molecule has 0 spiro atoms. The van der Waals surface area contributed by atoms with E-state index in [1.54, 1.807) is 7.11 Å². The van der Waals surface area contributed by atoms with Crippen molar-refractivity contribution in [2.45, 2.75) is 32.4 Å². The molecule has 1 atom stereocenters. The van der Waals surface area contributed by atoms with Crippen molar-refractivity contribution < 1.29 is 4.74 Å². The van der Waals surface area contributed by atoms with Gasteiger partial charge >= 0.3 is 0 Å². The summed E-state index contributed by atoms with van der Waals surface area (Å²) in [6.45, 7) is 3.68. The fourth-order valence-corrected chi connectivity index (χ4v) is 2.22. The quantitative estimate of drug-likeness (QED) is 0.849. The lowest BCUT2D eigenvalue weighted by Crippen LogP contribution is -2.26. The van der Waals surface area contributed by atoms with Crippen LogP contribution in [-0.4, -0.2) is 29.3 Å². The first-order chi connectivity index (χ1) is 8.80. The predicted octanol–water partition coefficient (Wildman–Crippen LogP) is 1.96. The van der Waals surface area contributed by atoms with E-state index in [1.165, 1.54) is 5.52 Å². The average Bonchev–Trinajstić information content (AvgIpc) is 2.75. The van der Waals surface area contributed by atoms with Crippen molar-refractivity contribution in [3.8, 4) is 0 Å². The lowest BCUT2D eigenvalue weighted by Gasteiger charge is -2.14. The van der Waals surface area contributed by atoms with Gasteiger partial charge in [0.2, 0.25) is 0 Å². The zero-order valence-corrected chi connectivity index (χ0v) is 11.1. The number of methoxy groups -OCH3 is 1. The number of hydrogen-bond donors (Lipinski definition) is 1. The second-order valence-corrected chi connectivity index (χ2v) is 4.47. The van der Waals surface area contributed by atoms with Crippen LogP contribution in [0.25, 0.3) is 11.0 Å². The zero-order valence-electron chi connectivity index (χ0n) is 11.1. The molecule has 4 nitrogen and oxygen atoms in total. The van der Waals surface area contributed by atoms with Crippen LogP contribution in [0.2, 0.25) is 0 Å². The van der Waals surface area contributed by atoms with Gasteiger partial charge in [0, 0.05) is 26.6 Å². The maximum Gasteiger partial charge on any atom is 0.112 e. The fourth-order valence-electron chi connectivity index (χ4n) is 2.22. The molecule has 4 heteroatoms. The second-order valence-electron chi connectivity index (χ2n) is 4.47. The van der Waals surface area contributed by atoms with Crippen molar-refractivity contribution in [1.82, 2.24) is 9.55 Å². The molecule has 1 unspecified atom stereocenters. The molecule has 0 amide bonds. The van der Waals surface area contributed by atoms with Crippen molar-refractivity contribution in [2.24, 2.45) is 5.73 Å². The minimum Gasteiger partial charge on any atom is -0.380 e. The van der Waals surface area contributed by atoms with Crippen molar-refractivity contribution in [3.05, 3.63) is 30.1 Å². The molecule has 2 aromatic rings. The van der Waals surface area contributed by atoms with Gasteiger partial charge in [0.25, 0.3) is 0 Å². The Morgan fingerprint density at radius 1 is 1.39 bits per heavy atom. The Morgan fingerprint density at radius 2 is 2.17 bits per heavy atom. The second kappa shape index (κ2) is 5.98. The van der Waals surface area contributed by atoms with E-state index in [2.05, 4.69) is 29.7 Å². The Balaban J connectivity index is 2.38. The van der Waals surface area contributed by atoms with Gasteiger partial charge < -0.3 is 15.0 Å². The molecule has 1 aromatic carbocycles. The molecular formula is C14H21N3O. The van der Waals surface area contributed by atoms with E-state index in [9.17, 15) is 0 Å². The summed E-state index contributed by atoms with van der Waals surface area (Å²) in [5.74, 6) is 1.07. The van der Waals surface area contributed by atoms with Crippen LogP contribution < -0.4 is 5.73 Å². The molecule has 1 heterocycles. The third-order valence-corrected chi connectivity index (χ3v) is 3.19. The highest BCUT2D eigenvalue weighted by molar-refractivity contribution is 5.75. The number of nitrogens with two attached hydrogens (primary N) is 1. The Kier molecular flexibility index (Phi) is 4.33. The van der Waals surface area contributed by atoms with Crippen molar-refractivity contribution in [1.29, 1.82) is 0 Å². The first-order valence-corrected chi connectivity index (χ1v) is 6.47. The van der Waals surface area contributed by atoms with Crippen LogP contribution in [-0.2, 0) is 17.7 Å². The summed E-state index contributed by atoms with van der Waals surface area (Å²) < 4.78 is 7.63. The van der Waals surface area contributed by atoms with Gasteiger partial charge in [0.05, 0.1) is 17.1 Å². The molecule has 0 saturated carbocycles. The summed E-state index contributed by atoms with van der Waals surface area (Å²) in [6, 6.07) is 8.24. The topological polar surface area (TPSA) is 53.1 Å². The highest BCUT2D eigenvalue weighted by atomic mass is 16.5. The molecule has 0 saturated heterocycles. The number of fused-ring (bicyclic) bond motifs is 1. The number of imidazole rings is 1. The SMILES string of the molecule is CCCn1c(CC(CN)OC)nc2ccccc21. The van der Waals surface area contributed by atoms with Crippen molar-refractivity contribution in [2.75, 3.05) is 13.7 Å². The van der Waals surface area contributed by atoms with E-state index < -0.39 is 0 Å². The molecule has 2 rings (SSSR count). The van der Waals surface area contributed by atoms with Crippen LogP contribution in [0, 0.1) is 0 Å². The summed E-state index contributed by atoms with van der Waals surface area (Å²) in [6.07, 6.45) is 1.90. The summed E-state index contributed by atoms with van der Waals surface area (Å²) in [5.41, 5.74) is 7.93. The number of aromatic nitrogens is 2. The molecule has 98 valence electrons. The minimum atomic E-state index is 0.0393. The lowest BCUT2D eigenvalue weighted by molar-refractivity contribution is 0.107. The average molecular weight is 247 g/mol. The van der Waals surface area contributed by atoms with Crippen LogP contribution in [0.1, 0.15) is 19.2 Å². The predicted molar refractivity (Wildman–Crippen MR) is 73.6 cm³/mol. The number of rotatable bonds is 6. The molecule has 18 heavy (non-hydrogen) atoms. The van der Waals surface area contributed by atoms with Crippen LogP contribution in [0.3, 0.4) is 0 Å². The molecule has 0 aliphatic heterocycles.